The smallest absolute Gasteiger partial charge is 0.191 e. The molecule has 0 aliphatic carbocycles. The molecule has 0 saturated carbocycles. The van der Waals surface area contributed by atoms with Crippen molar-refractivity contribution in [1.82, 2.24) is 15.2 Å². The Morgan fingerprint density at radius 2 is 1.85 bits per heavy atom. The molecule has 5 heteroatoms. The molecule has 3 rings (SSSR count). The Labute approximate surface area is 156 Å². The van der Waals surface area contributed by atoms with Crippen LogP contribution in [0.25, 0.3) is 0 Å². The van der Waals surface area contributed by atoms with Crippen molar-refractivity contribution in [2.24, 2.45) is 4.99 Å². The second-order valence-electron chi connectivity index (χ2n) is 6.98. The van der Waals surface area contributed by atoms with Crippen LogP contribution in [-0.4, -0.2) is 43.9 Å². The zero-order valence-electron chi connectivity index (χ0n) is 15.9. The lowest BCUT2D eigenvalue weighted by molar-refractivity contribution is 0.0512. The molecule has 0 radical (unpaired) electrons. The highest BCUT2D eigenvalue weighted by Crippen LogP contribution is 2.36. The van der Waals surface area contributed by atoms with Gasteiger partial charge in [-0.3, -0.25) is 4.99 Å². The summed E-state index contributed by atoms with van der Waals surface area (Å²) in [6.45, 7) is 6.46. The SMILES string of the molecule is CN=C(NCCn1cccc1)NCC1(c2ccccc2C)CCOCC1. The molecule has 1 saturated heterocycles. The Balaban J connectivity index is 1.62. The van der Waals surface area contributed by atoms with Crippen LogP contribution in [0.4, 0.5) is 0 Å². The van der Waals surface area contributed by atoms with E-state index < -0.39 is 0 Å². The zero-order chi connectivity index (χ0) is 18.2. The van der Waals surface area contributed by atoms with Crippen molar-refractivity contribution in [2.75, 3.05) is 33.4 Å². The van der Waals surface area contributed by atoms with Crippen molar-refractivity contribution < 1.29 is 4.74 Å². The van der Waals surface area contributed by atoms with Gasteiger partial charge in [-0.05, 0) is 43.0 Å². The summed E-state index contributed by atoms with van der Waals surface area (Å²) in [6.07, 6.45) is 6.22. The van der Waals surface area contributed by atoms with Gasteiger partial charge >= 0.3 is 0 Å². The number of nitrogens with one attached hydrogen (secondary N) is 2. The van der Waals surface area contributed by atoms with Crippen LogP contribution in [0.5, 0.6) is 0 Å². The first-order valence-corrected chi connectivity index (χ1v) is 9.43. The van der Waals surface area contributed by atoms with Crippen LogP contribution >= 0.6 is 0 Å². The molecule has 0 atom stereocenters. The summed E-state index contributed by atoms with van der Waals surface area (Å²) < 4.78 is 7.81. The topological polar surface area (TPSA) is 50.6 Å². The van der Waals surface area contributed by atoms with Crippen molar-refractivity contribution in [3.05, 3.63) is 59.9 Å². The number of nitrogens with zero attached hydrogens (tertiary/aromatic N) is 2. The quantitative estimate of drug-likeness (QED) is 0.619. The summed E-state index contributed by atoms with van der Waals surface area (Å²) in [7, 11) is 1.83. The van der Waals surface area contributed by atoms with Gasteiger partial charge < -0.3 is 19.9 Å². The van der Waals surface area contributed by atoms with E-state index in [1.807, 2.05) is 19.2 Å². The van der Waals surface area contributed by atoms with E-state index in [0.717, 1.165) is 51.6 Å². The Kier molecular flexibility index (Phi) is 6.34. The molecule has 0 unspecified atom stereocenters. The first kappa shape index (κ1) is 18.5. The lowest BCUT2D eigenvalue weighted by Crippen LogP contribution is -2.48. The highest BCUT2D eigenvalue weighted by atomic mass is 16.5. The van der Waals surface area contributed by atoms with Gasteiger partial charge in [0.1, 0.15) is 0 Å². The molecule has 1 aliphatic heterocycles. The van der Waals surface area contributed by atoms with Crippen LogP contribution in [0.3, 0.4) is 0 Å². The van der Waals surface area contributed by atoms with Gasteiger partial charge in [0.15, 0.2) is 5.96 Å². The average Bonchev–Trinajstić information content (AvgIpc) is 3.19. The first-order chi connectivity index (χ1) is 12.7. The van der Waals surface area contributed by atoms with Crippen molar-refractivity contribution in [3.8, 4) is 0 Å². The molecule has 0 amide bonds. The number of aliphatic imine (C=N–C) groups is 1. The molecule has 0 bridgehead atoms. The molecule has 26 heavy (non-hydrogen) atoms. The van der Waals surface area contributed by atoms with Gasteiger partial charge in [-0.2, -0.15) is 0 Å². The van der Waals surface area contributed by atoms with E-state index in [-0.39, 0.29) is 5.41 Å². The largest absolute Gasteiger partial charge is 0.381 e. The number of hydrogen-bond acceptors (Lipinski definition) is 2. The second kappa shape index (κ2) is 8.90. The molecule has 140 valence electrons. The maximum atomic E-state index is 5.65. The minimum Gasteiger partial charge on any atom is -0.381 e. The predicted molar refractivity (Wildman–Crippen MR) is 107 cm³/mol. The normalized spacial score (nSPS) is 17.1. The predicted octanol–water partition coefficient (Wildman–Crippen LogP) is 2.71. The Morgan fingerprint density at radius 1 is 1.12 bits per heavy atom. The highest BCUT2D eigenvalue weighted by Gasteiger charge is 2.35. The van der Waals surface area contributed by atoms with E-state index in [1.165, 1.54) is 11.1 Å². The second-order valence-corrected chi connectivity index (χ2v) is 6.98. The van der Waals surface area contributed by atoms with Gasteiger partial charge in [0.25, 0.3) is 0 Å². The van der Waals surface area contributed by atoms with E-state index in [1.54, 1.807) is 0 Å². The van der Waals surface area contributed by atoms with Crippen LogP contribution < -0.4 is 10.6 Å². The van der Waals surface area contributed by atoms with E-state index in [2.05, 4.69) is 63.8 Å². The lowest BCUT2D eigenvalue weighted by atomic mass is 9.72. The third-order valence-corrected chi connectivity index (χ3v) is 5.31. The fourth-order valence-corrected chi connectivity index (χ4v) is 3.77. The summed E-state index contributed by atoms with van der Waals surface area (Å²) in [5.41, 5.74) is 2.88. The zero-order valence-corrected chi connectivity index (χ0v) is 15.9. The molecule has 5 nitrogen and oxygen atoms in total. The molecular weight excluding hydrogens is 324 g/mol. The van der Waals surface area contributed by atoms with Gasteiger partial charge in [-0.15, -0.1) is 0 Å². The maximum Gasteiger partial charge on any atom is 0.191 e. The summed E-state index contributed by atoms with van der Waals surface area (Å²) in [5.74, 6) is 0.858. The number of rotatable bonds is 6. The number of aryl methyl sites for hydroxylation is 1. The van der Waals surface area contributed by atoms with Gasteiger partial charge in [0.05, 0.1) is 0 Å². The van der Waals surface area contributed by atoms with E-state index >= 15 is 0 Å². The first-order valence-electron chi connectivity index (χ1n) is 9.43. The number of benzene rings is 1. The number of ether oxygens (including phenoxy) is 1. The third-order valence-electron chi connectivity index (χ3n) is 5.31. The average molecular weight is 354 g/mol. The number of hydrogen-bond donors (Lipinski definition) is 2. The highest BCUT2D eigenvalue weighted by molar-refractivity contribution is 5.79. The van der Waals surface area contributed by atoms with Crippen LogP contribution in [-0.2, 0) is 16.7 Å². The summed E-state index contributed by atoms with van der Waals surface area (Å²) in [5, 5.41) is 6.98. The third kappa shape index (κ3) is 4.47. The fraction of sp³-hybridized carbons (Fsp3) is 0.476. The molecular formula is C21H30N4O. The molecule has 2 N–H and O–H groups in total. The number of aromatic nitrogens is 1. The fourth-order valence-electron chi connectivity index (χ4n) is 3.77. The van der Waals surface area contributed by atoms with Crippen LogP contribution in [0.15, 0.2) is 53.8 Å². The maximum absolute atomic E-state index is 5.65. The van der Waals surface area contributed by atoms with Crippen LogP contribution in [0.1, 0.15) is 24.0 Å². The summed E-state index contributed by atoms with van der Waals surface area (Å²) >= 11 is 0. The van der Waals surface area contributed by atoms with Crippen LogP contribution in [0.2, 0.25) is 0 Å². The van der Waals surface area contributed by atoms with Gasteiger partial charge in [-0.1, -0.05) is 24.3 Å². The van der Waals surface area contributed by atoms with Gasteiger partial charge in [-0.25, -0.2) is 0 Å². The van der Waals surface area contributed by atoms with Crippen LogP contribution in [0, 0.1) is 6.92 Å². The van der Waals surface area contributed by atoms with Crippen molar-refractivity contribution in [2.45, 2.75) is 31.7 Å². The Bertz CT molecular complexity index is 703. The molecule has 2 heterocycles. The van der Waals surface area contributed by atoms with E-state index in [9.17, 15) is 0 Å². The monoisotopic (exact) mass is 354 g/mol. The van der Waals surface area contributed by atoms with E-state index in [4.69, 9.17) is 4.74 Å². The van der Waals surface area contributed by atoms with Crippen molar-refractivity contribution >= 4 is 5.96 Å². The molecule has 1 aromatic carbocycles. The Hall–Kier alpha value is -2.27. The molecule has 1 aliphatic rings. The summed E-state index contributed by atoms with van der Waals surface area (Å²) in [4.78, 5) is 4.39. The molecule has 2 aromatic rings. The van der Waals surface area contributed by atoms with Crippen molar-refractivity contribution in [1.29, 1.82) is 0 Å². The molecule has 0 spiro atoms. The number of guanidine groups is 1. The minimum atomic E-state index is 0.0989. The minimum absolute atomic E-state index is 0.0989. The lowest BCUT2D eigenvalue weighted by Gasteiger charge is -2.39. The standard InChI is InChI=1S/C21H30N4O/c1-18-7-3-4-8-19(18)21(9-15-26-16-10-21)17-24-20(22-2)23-11-14-25-12-5-6-13-25/h3-8,12-13H,9-11,14-17H2,1-2H3,(H2,22,23,24). The van der Waals surface area contributed by atoms with E-state index in [0.29, 0.717) is 0 Å². The molecule has 1 fully saturated rings. The van der Waals surface area contributed by atoms with Gasteiger partial charge in [0.2, 0.25) is 0 Å². The van der Waals surface area contributed by atoms with Crippen molar-refractivity contribution in [3.63, 3.8) is 0 Å². The molecule has 1 aromatic heterocycles. The summed E-state index contributed by atoms with van der Waals surface area (Å²) in [6, 6.07) is 12.8. The Morgan fingerprint density at radius 3 is 2.54 bits per heavy atom. The van der Waals surface area contributed by atoms with Gasteiger partial charge in [0, 0.05) is 57.7 Å².